The zero-order valence-electron chi connectivity index (χ0n) is 11.6. The van der Waals surface area contributed by atoms with E-state index >= 15 is 0 Å². The van der Waals surface area contributed by atoms with Crippen molar-refractivity contribution in [3.05, 3.63) is 67.4 Å². The van der Waals surface area contributed by atoms with Gasteiger partial charge in [-0.15, -0.1) is 11.3 Å². The Bertz CT molecular complexity index is 859. The summed E-state index contributed by atoms with van der Waals surface area (Å²) in [6.07, 6.45) is 1.61. The third kappa shape index (κ3) is 3.70. The van der Waals surface area contributed by atoms with Gasteiger partial charge in [-0.1, -0.05) is 46.9 Å². The lowest BCUT2D eigenvalue weighted by molar-refractivity contribution is 0.102. The molecule has 0 aliphatic heterocycles. The highest BCUT2D eigenvalue weighted by Gasteiger charge is 2.13. The largest absolute Gasteiger partial charge is 0.306 e. The molecule has 0 bridgehead atoms. The molecule has 0 aliphatic rings. The molecule has 0 fully saturated rings. The second-order valence-electron chi connectivity index (χ2n) is 4.64. The lowest BCUT2D eigenvalue weighted by Crippen LogP contribution is -2.15. The topological polar surface area (TPSA) is 46.9 Å². The van der Waals surface area contributed by atoms with Crippen LogP contribution < -0.4 is 5.32 Å². The molecule has 0 saturated heterocycles. The summed E-state index contributed by atoms with van der Waals surface area (Å²) in [5.41, 5.74) is 0.817. The molecule has 1 N–H and O–H groups in total. The van der Waals surface area contributed by atoms with Crippen LogP contribution in [-0.2, 0) is 6.54 Å². The number of rotatable bonds is 4. The number of nitrogens with one attached hydrogen (secondary N) is 1. The molecule has 3 aromatic rings. The molecule has 118 valence electrons. The SMILES string of the molecule is O=C(Nc1ccnn1Cc1cccc(Cl)c1Cl)c1ccc(Cl)s1. The number of carbonyl (C=O) groups is 1. The summed E-state index contributed by atoms with van der Waals surface area (Å²) < 4.78 is 2.21. The Labute approximate surface area is 151 Å². The van der Waals surface area contributed by atoms with Crippen LogP contribution in [0.1, 0.15) is 15.2 Å². The Hall–Kier alpha value is -1.53. The highest BCUT2D eigenvalue weighted by Crippen LogP contribution is 2.27. The molecule has 23 heavy (non-hydrogen) atoms. The summed E-state index contributed by atoms with van der Waals surface area (Å²) in [5, 5.41) is 7.98. The van der Waals surface area contributed by atoms with Gasteiger partial charge in [0.2, 0.25) is 0 Å². The van der Waals surface area contributed by atoms with E-state index < -0.39 is 0 Å². The molecule has 0 saturated carbocycles. The van der Waals surface area contributed by atoms with Gasteiger partial charge in [-0.05, 0) is 23.8 Å². The van der Waals surface area contributed by atoms with Crippen LogP contribution in [0.15, 0.2) is 42.6 Å². The standard InChI is InChI=1S/C15H10Cl3N3OS/c16-10-3-1-2-9(14(10)18)8-21-13(6-7-19-21)20-15(22)11-4-5-12(17)23-11/h1-7H,8H2,(H,20,22). The first-order chi connectivity index (χ1) is 11.0. The van der Waals surface area contributed by atoms with E-state index in [1.807, 2.05) is 12.1 Å². The number of amides is 1. The fraction of sp³-hybridized carbons (Fsp3) is 0.0667. The maximum absolute atomic E-state index is 12.2. The van der Waals surface area contributed by atoms with Crippen molar-refractivity contribution in [1.29, 1.82) is 0 Å². The number of hydrogen-bond acceptors (Lipinski definition) is 3. The summed E-state index contributed by atoms with van der Waals surface area (Å²) in [5.74, 6) is 0.330. The van der Waals surface area contributed by atoms with Crippen LogP contribution in [0.3, 0.4) is 0 Å². The third-order valence-electron chi connectivity index (χ3n) is 3.11. The van der Waals surface area contributed by atoms with Gasteiger partial charge in [0.1, 0.15) is 5.82 Å². The van der Waals surface area contributed by atoms with Crippen LogP contribution >= 0.6 is 46.1 Å². The molecule has 1 aromatic carbocycles. The van der Waals surface area contributed by atoms with Crippen LogP contribution in [0.25, 0.3) is 0 Å². The summed E-state index contributed by atoms with van der Waals surface area (Å²) in [7, 11) is 0. The Morgan fingerprint density at radius 1 is 1.17 bits per heavy atom. The molecule has 1 amide bonds. The quantitative estimate of drug-likeness (QED) is 0.669. The first-order valence-corrected chi connectivity index (χ1v) is 8.51. The van der Waals surface area contributed by atoms with Crippen molar-refractivity contribution in [2.24, 2.45) is 0 Å². The van der Waals surface area contributed by atoms with Crippen LogP contribution in [-0.4, -0.2) is 15.7 Å². The Balaban J connectivity index is 1.80. The predicted octanol–water partition coefficient (Wildman–Crippen LogP) is 5.21. The van der Waals surface area contributed by atoms with Crippen molar-refractivity contribution in [3.63, 3.8) is 0 Å². The molecular weight excluding hydrogens is 377 g/mol. The van der Waals surface area contributed by atoms with Crippen LogP contribution in [0.5, 0.6) is 0 Å². The van der Waals surface area contributed by atoms with Gasteiger partial charge in [0.05, 0.1) is 32.0 Å². The molecule has 0 unspecified atom stereocenters. The zero-order valence-corrected chi connectivity index (χ0v) is 14.7. The maximum Gasteiger partial charge on any atom is 0.266 e. The number of benzene rings is 1. The van der Waals surface area contributed by atoms with E-state index in [1.165, 1.54) is 11.3 Å². The van der Waals surface area contributed by atoms with Gasteiger partial charge in [0.15, 0.2) is 0 Å². The number of nitrogens with zero attached hydrogens (tertiary/aromatic N) is 2. The van der Waals surface area contributed by atoms with Gasteiger partial charge in [0.25, 0.3) is 5.91 Å². The summed E-state index contributed by atoms with van der Waals surface area (Å²) in [4.78, 5) is 12.7. The zero-order chi connectivity index (χ0) is 16.4. The number of halogens is 3. The van der Waals surface area contributed by atoms with Crippen LogP contribution in [0, 0.1) is 0 Å². The van der Waals surface area contributed by atoms with Gasteiger partial charge in [-0.3, -0.25) is 4.79 Å². The second kappa shape index (κ2) is 6.93. The molecular formula is C15H10Cl3N3OS. The monoisotopic (exact) mass is 385 g/mol. The smallest absolute Gasteiger partial charge is 0.266 e. The molecule has 8 heteroatoms. The minimum Gasteiger partial charge on any atom is -0.306 e. The normalized spacial score (nSPS) is 10.7. The van der Waals surface area contributed by atoms with Crippen molar-refractivity contribution in [3.8, 4) is 0 Å². The fourth-order valence-corrected chi connectivity index (χ4v) is 3.33. The van der Waals surface area contributed by atoms with Crippen molar-refractivity contribution < 1.29 is 4.79 Å². The average Bonchev–Trinajstić information content (AvgIpc) is 3.13. The van der Waals surface area contributed by atoms with E-state index in [4.69, 9.17) is 34.8 Å². The van der Waals surface area contributed by atoms with Crippen LogP contribution in [0.2, 0.25) is 14.4 Å². The number of aromatic nitrogens is 2. The van der Waals surface area contributed by atoms with E-state index in [-0.39, 0.29) is 5.91 Å². The lowest BCUT2D eigenvalue weighted by atomic mass is 10.2. The van der Waals surface area contributed by atoms with Gasteiger partial charge in [-0.25, -0.2) is 4.68 Å². The second-order valence-corrected chi connectivity index (χ2v) is 7.15. The lowest BCUT2D eigenvalue weighted by Gasteiger charge is -2.10. The number of hydrogen-bond donors (Lipinski definition) is 1. The Morgan fingerprint density at radius 2 is 2.00 bits per heavy atom. The highest BCUT2D eigenvalue weighted by atomic mass is 35.5. The summed E-state index contributed by atoms with van der Waals surface area (Å²) in [6.45, 7) is 0.396. The average molecular weight is 387 g/mol. The van der Waals surface area contributed by atoms with Crippen molar-refractivity contribution in [2.75, 3.05) is 5.32 Å². The number of thiophene rings is 1. The van der Waals surface area contributed by atoms with Crippen LogP contribution in [0.4, 0.5) is 5.82 Å². The third-order valence-corrected chi connectivity index (χ3v) is 5.19. The number of anilines is 1. The molecule has 0 spiro atoms. The van der Waals surface area contributed by atoms with E-state index in [9.17, 15) is 4.79 Å². The van der Waals surface area contributed by atoms with E-state index in [2.05, 4.69) is 10.4 Å². The minimum absolute atomic E-state index is 0.235. The van der Waals surface area contributed by atoms with Crippen molar-refractivity contribution in [1.82, 2.24) is 9.78 Å². The Morgan fingerprint density at radius 3 is 2.74 bits per heavy atom. The summed E-state index contributed by atoms with van der Waals surface area (Å²) >= 11 is 19.3. The van der Waals surface area contributed by atoms with Gasteiger partial charge in [-0.2, -0.15) is 5.10 Å². The minimum atomic E-state index is -0.235. The van der Waals surface area contributed by atoms with E-state index in [1.54, 1.807) is 35.1 Å². The maximum atomic E-state index is 12.2. The summed E-state index contributed by atoms with van der Waals surface area (Å²) in [6, 6.07) is 10.5. The van der Waals surface area contributed by atoms with Gasteiger partial charge < -0.3 is 5.32 Å². The van der Waals surface area contributed by atoms with E-state index in [0.717, 1.165) is 5.56 Å². The molecule has 2 aromatic heterocycles. The molecule has 3 rings (SSSR count). The molecule has 4 nitrogen and oxygen atoms in total. The molecule has 2 heterocycles. The Kier molecular flexibility index (Phi) is 4.92. The van der Waals surface area contributed by atoms with E-state index in [0.29, 0.717) is 31.6 Å². The fourth-order valence-electron chi connectivity index (χ4n) is 2.01. The predicted molar refractivity (Wildman–Crippen MR) is 95.1 cm³/mol. The highest BCUT2D eigenvalue weighted by molar-refractivity contribution is 7.18. The molecule has 0 aliphatic carbocycles. The molecule has 0 atom stereocenters. The molecule has 0 radical (unpaired) electrons. The van der Waals surface area contributed by atoms with Gasteiger partial charge in [0, 0.05) is 6.07 Å². The van der Waals surface area contributed by atoms with Crippen molar-refractivity contribution in [2.45, 2.75) is 6.54 Å². The van der Waals surface area contributed by atoms with Gasteiger partial charge >= 0.3 is 0 Å². The first-order valence-electron chi connectivity index (χ1n) is 6.56. The number of carbonyl (C=O) groups excluding carboxylic acids is 1. The first kappa shape index (κ1) is 16.3. The van der Waals surface area contributed by atoms with Crippen molar-refractivity contribution >= 4 is 57.9 Å².